The minimum absolute atomic E-state index is 0.00426. The minimum Gasteiger partial charge on any atom is -0.491 e. The Morgan fingerprint density at radius 3 is 2.41 bits per heavy atom. The van der Waals surface area contributed by atoms with E-state index in [9.17, 15) is 10.1 Å². The van der Waals surface area contributed by atoms with Gasteiger partial charge in [-0.1, -0.05) is 42.8 Å². The zero-order valence-electron chi connectivity index (χ0n) is 21.1. The van der Waals surface area contributed by atoms with Crippen LogP contribution in [0.5, 0.6) is 5.75 Å². The molecule has 2 aromatic carbocycles. The van der Waals surface area contributed by atoms with Crippen LogP contribution in [0, 0.1) is 32.1 Å². The highest BCUT2D eigenvalue weighted by molar-refractivity contribution is 6.00. The molecular formula is C30H34N2O2. The number of ketones is 1. The molecule has 0 amide bonds. The second kappa shape index (κ2) is 9.50. The number of carbonyl (C=O) groups excluding carboxylic acids is 1. The van der Waals surface area contributed by atoms with Crippen molar-refractivity contribution >= 4 is 5.78 Å². The van der Waals surface area contributed by atoms with Crippen molar-refractivity contribution in [2.75, 3.05) is 0 Å². The Balaban J connectivity index is 1.85. The predicted octanol–water partition coefficient (Wildman–Crippen LogP) is 6.67. The van der Waals surface area contributed by atoms with E-state index in [0.717, 1.165) is 34.7 Å². The summed E-state index contributed by atoms with van der Waals surface area (Å²) in [7, 11) is 0. The summed E-state index contributed by atoms with van der Waals surface area (Å²) < 4.78 is 6.12. The fourth-order valence-corrected chi connectivity index (χ4v) is 5.79. The summed E-state index contributed by atoms with van der Waals surface area (Å²) in [6.45, 7) is 12.4. The van der Waals surface area contributed by atoms with E-state index < -0.39 is 5.92 Å². The van der Waals surface area contributed by atoms with Crippen LogP contribution in [0.2, 0.25) is 0 Å². The summed E-state index contributed by atoms with van der Waals surface area (Å²) in [4.78, 5) is 13.8. The van der Waals surface area contributed by atoms with Gasteiger partial charge in [-0.3, -0.25) is 4.79 Å². The van der Waals surface area contributed by atoms with Gasteiger partial charge in [-0.15, -0.1) is 0 Å². The van der Waals surface area contributed by atoms with Crippen molar-refractivity contribution in [3.63, 3.8) is 0 Å². The molecule has 176 valence electrons. The normalized spacial score (nSPS) is 20.2. The zero-order chi connectivity index (χ0) is 24.6. The van der Waals surface area contributed by atoms with Crippen LogP contribution in [0.25, 0.3) is 0 Å². The summed E-state index contributed by atoms with van der Waals surface area (Å²) in [6.07, 6.45) is 1.91. The number of hydrogen-bond donors (Lipinski definition) is 1. The number of Topliss-reactive ketones (excluding diaryl/α,β-unsaturated/α-hetero) is 1. The number of rotatable bonds is 5. The van der Waals surface area contributed by atoms with Gasteiger partial charge in [0, 0.05) is 29.0 Å². The van der Waals surface area contributed by atoms with Crippen molar-refractivity contribution in [2.45, 2.75) is 78.7 Å². The van der Waals surface area contributed by atoms with Gasteiger partial charge in [0.1, 0.15) is 5.75 Å². The molecule has 2 unspecified atom stereocenters. The van der Waals surface area contributed by atoms with Crippen molar-refractivity contribution in [3.05, 3.63) is 86.8 Å². The molecular weight excluding hydrogens is 420 g/mol. The Hall–Kier alpha value is -3.32. The lowest BCUT2D eigenvalue weighted by Crippen LogP contribution is -2.34. The molecule has 1 aliphatic carbocycles. The minimum atomic E-state index is -0.403. The fraction of sp³-hybridized carbons (Fsp3) is 0.400. The first-order chi connectivity index (χ1) is 16.2. The lowest BCUT2D eigenvalue weighted by atomic mass is 9.70. The van der Waals surface area contributed by atoms with E-state index in [-0.39, 0.29) is 17.8 Å². The van der Waals surface area contributed by atoms with Crippen LogP contribution in [-0.2, 0) is 4.79 Å². The van der Waals surface area contributed by atoms with E-state index in [1.807, 2.05) is 38.1 Å². The van der Waals surface area contributed by atoms with Crippen molar-refractivity contribution < 1.29 is 9.53 Å². The first-order valence-corrected chi connectivity index (χ1v) is 12.2. The molecule has 1 N–H and O–H groups in total. The molecule has 0 saturated carbocycles. The average Bonchev–Trinajstić information content (AvgIpc) is 2.77. The smallest absolute Gasteiger partial charge is 0.162 e. The molecule has 4 rings (SSSR count). The lowest BCUT2D eigenvalue weighted by molar-refractivity contribution is -0.116. The van der Waals surface area contributed by atoms with Crippen molar-refractivity contribution in [1.82, 2.24) is 5.32 Å². The third-order valence-electron chi connectivity index (χ3n) is 6.93. The number of dihydropyridines is 1. The van der Waals surface area contributed by atoms with E-state index in [0.29, 0.717) is 18.4 Å². The second-order valence-electron chi connectivity index (χ2n) is 9.85. The molecule has 34 heavy (non-hydrogen) atoms. The number of aryl methyl sites for hydroxylation is 3. The third kappa shape index (κ3) is 4.28. The lowest BCUT2D eigenvalue weighted by Gasteiger charge is -2.37. The van der Waals surface area contributed by atoms with Gasteiger partial charge in [0.15, 0.2) is 5.78 Å². The number of allylic oxidation sites excluding steroid dienone is 4. The molecule has 4 nitrogen and oxygen atoms in total. The largest absolute Gasteiger partial charge is 0.491 e. The van der Waals surface area contributed by atoms with Gasteiger partial charge >= 0.3 is 0 Å². The van der Waals surface area contributed by atoms with Crippen LogP contribution < -0.4 is 10.1 Å². The van der Waals surface area contributed by atoms with Gasteiger partial charge in [-0.25, -0.2) is 0 Å². The second-order valence-corrected chi connectivity index (χ2v) is 9.85. The molecule has 0 bridgehead atoms. The Morgan fingerprint density at radius 2 is 1.79 bits per heavy atom. The number of nitrogens with one attached hydrogen (secondary N) is 1. The SMILES string of the molecule is CCC1=C(C#N)C(c2ccccc2OC(C)C)C2=C(CC(c3c(C)cc(C)cc3C)CC2=O)N1. The number of benzene rings is 2. The van der Waals surface area contributed by atoms with Gasteiger partial charge < -0.3 is 10.1 Å². The average molecular weight is 455 g/mol. The van der Waals surface area contributed by atoms with Gasteiger partial charge in [-0.05, 0) is 76.1 Å². The molecule has 0 radical (unpaired) electrons. The zero-order valence-corrected chi connectivity index (χ0v) is 21.1. The Kier molecular flexibility index (Phi) is 6.66. The molecule has 0 aromatic heterocycles. The molecule has 0 spiro atoms. The van der Waals surface area contributed by atoms with Crippen LogP contribution >= 0.6 is 0 Å². The summed E-state index contributed by atoms with van der Waals surface area (Å²) >= 11 is 0. The topological polar surface area (TPSA) is 62.1 Å². The van der Waals surface area contributed by atoms with Crippen LogP contribution in [-0.4, -0.2) is 11.9 Å². The van der Waals surface area contributed by atoms with E-state index in [4.69, 9.17) is 4.74 Å². The molecule has 1 heterocycles. The summed E-state index contributed by atoms with van der Waals surface area (Å²) in [6, 6.07) is 14.7. The number of carbonyl (C=O) groups is 1. The van der Waals surface area contributed by atoms with Gasteiger partial charge in [0.05, 0.1) is 23.7 Å². The van der Waals surface area contributed by atoms with Crippen LogP contribution in [0.4, 0.5) is 0 Å². The molecule has 2 aliphatic rings. The van der Waals surface area contributed by atoms with Gasteiger partial charge in [-0.2, -0.15) is 5.26 Å². The molecule has 1 aliphatic heterocycles. The molecule has 2 aromatic rings. The summed E-state index contributed by atoms with van der Waals surface area (Å²) in [5, 5.41) is 13.7. The monoisotopic (exact) mass is 454 g/mol. The summed E-state index contributed by atoms with van der Waals surface area (Å²) in [5.74, 6) is 0.577. The Morgan fingerprint density at radius 1 is 1.12 bits per heavy atom. The first-order valence-electron chi connectivity index (χ1n) is 12.2. The fourth-order valence-electron chi connectivity index (χ4n) is 5.79. The van der Waals surface area contributed by atoms with E-state index in [1.54, 1.807) is 0 Å². The number of nitrogens with zero attached hydrogens (tertiary/aromatic N) is 1. The maximum absolute atomic E-state index is 13.8. The van der Waals surface area contributed by atoms with Gasteiger partial charge in [0.25, 0.3) is 0 Å². The molecule has 0 saturated heterocycles. The van der Waals surface area contributed by atoms with E-state index in [1.165, 1.54) is 22.3 Å². The number of ether oxygens (including phenoxy) is 1. The van der Waals surface area contributed by atoms with Crippen molar-refractivity contribution in [1.29, 1.82) is 5.26 Å². The highest BCUT2D eigenvalue weighted by Crippen LogP contribution is 2.48. The highest BCUT2D eigenvalue weighted by Gasteiger charge is 2.40. The number of hydrogen-bond acceptors (Lipinski definition) is 4. The summed E-state index contributed by atoms with van der Waals surface area (Å²) in [5.41, 5.74) is 9.11. The van der Waals surface area contributed by atoms with Crippen LogP contribution in [0.3, 0.4) is 0 Å². The molecule has 4 heteroatoms. The van der Waals surface area contributed by atoms with E-state index in [2.05, 4.69) is 51.2 Å². The highest BCUT2D eigenvalue weighted by atomic mass is 16.5. The van der Waals surface area contributed by atoms with Gasteiger partial charge in [0.2, 0.25) is 0 Å². The van der Waals surface area contributed by atoms with Crippen LogP contribution in [0.1, 0.15) is 79.7 Å². The van der Waals surface area contributed by atoms with Crippen LogP contribution in [0.15, 0.2) is 58.9 Å². The Labute approximate surface area is 203 Å². The molecule has 0 fully saturated rings. The Bertz CT molecular complexity index is 1220. The quantitative estimate of drug-likeness (QED) is 0.548. The number of para-hydroxylation sites is 1. The third-order valence-corrected chi connectivity index (χ3v) is 6.93. The standard InChI is InChI=1S/C30H34N2O2/c1-7-24-23(16-31)29(22-10-8-9-11-27(22)34-17(2)3)30-25(32-24)14-21(15-26(30)33)28-19(5)12-18(4)13-20(28)6/h8-13,17,21,29,32H,7,14-15H2,1-6H3. The number of nitriles is 1. The molecule has 2 atom stereocenters. The first kappa shape index (κ1) is 23.8. The van der Waals surface area contributed by atoms with Crippen molar-refractivity contribution in [2.24, 2.45) is 0 Å². The maximum Gasteiger partial charge on any atom is 0.162 e. The predicted molar refractivity (Wildman–Crippen MR) is 136 cm³/mol. The van der Waals surface area contributed by atoms with E-state index >= 15 is 0 Å². The maximum atomic E-state index is 13.8. The van der Waals surface area contributed by atoms with Crippen molar-refractivity contribution in [3.8, 4) is 11.8 Å².